The van der Waals surface area contributed by atoms with E-state index in [2.05, 4.69) is 29.5 Å². The van der Waals surface area contributed by atoms with Crippen molar-refractivity contribution < 1.29 is 14.3 Å². The number of carbonyl (C=O) groups excluding carboxylic acids is 2. The second-order valence-corrected chi connectivity index (χ2v) is 7.31. The van der Waals surface area contributed by atoms with Gasteiger partial charge in [0.1, 0.15) is 6.04 Å². The second-order valence-electron chi connectivity index (χ2n) is 6.31. The number of amides is 1. The summed E-state index contributed by atoms with van der Waals surface area (Å²) >= 11 is 1.28. The van der Waals surface area contributed by atoms with Crippen LogP contribution in [0.15, 0.2) is 0 Å². The first kappa shape index (κ1) is 14.6. The van der Waals surface area contributed by atoms with Crippen LogP contribution in [-0.4, -0.2) is 42.5 Å². The zero-order chi connectivity index (χ0) is 15.0. The van der Waals surface area contributed by atoms with Crippen molar-refractivity contribution in [3.05, 3.63) is 10.6 Å². The fourth-order valence-corrected chi connectivity index (χ4v) is 3.62. The van der Waals surface area contributed by atoms with E-state index in [9.17, 15) is 9.59 Å². The van der Waals surface area contributed by atoms with Crippen molar-refractivity contribution in [2.45, 2.75) is 32.7 Å². The average molecular weight is 309 g/mol. The highest BCUT2D eigenvalue weighted by Gasteiger charge is 2.34. The Balaban J connectivity index is 1.73. The number of anilines is 1. The van der Waals surface area contributed by atoms with Gasteiger partial charge >= 0.3 is 0 Å². The summed E-state index contributed by atoms with van der Waals surface area (Å²) in [5.41, 5.74) is 0.752. The van der Waals surface area contributed by atoms with Crippen molar-refractivity contribution in [3.8, 4) is 0 Å². The maximum atomic E-state index is 12.1. The molecule has 1 amide bonds. The number of carbonyl (C=O) groups is 2. The summed E-state index contributed by atoms with van der Waals surface area (Å²) < 4.78 is 5.27. The van der Waals surface area contributed by atoms with Crippen molar-refractivity contribution >= 4 is 28.2 Å². The number of ether oxygens (including phenoxy) is 1. The summed E-state index contributed by atoms with van der Waals surface area (Å²) in [6, 6.07) is -0.355. The summed E-state index contributed by atoms with van der Waals surface area (Å²) in [5.74, 6) is -0.0362. The number of aromatic nitrogens is 1. The molecule has 0 saturated carbocycles. The fraction of sp³-hybridized carbons (Fsp3) is 0.643. The number of ketones is 1. The molecule has 2 N–H and O–H groups in total. The molecule has 1 aliphatic carbocycles. The molecule has 0 aromatic carbocycles. The quantitative estimate of drug-likeness (QED) is 0.859. The molecule has 7 heteroatoms. The van der Waals surface area contributed by atoms with E-state index in [1.807, 2.05) is 0 Å². The van der Waals surface area contributed by atoms with E-state index in [0.717, 1.165) is 12.1 Å². The lowest BCUT2D eigenvalue weighted by Gasteiger charge is -2.26. The zero-order valence-corrected chi connectivity index (χ0v) is 13.0. The van der Waals surface area contributed by atoms with Gasteiger partial charge in [0.2, 0.25) is 5.91 Å². The standard InChI is InChI=1S/C14H19N3O3S/c1-14(2)5-8-11(10(18)6-14)21-13(16-8)17-12(19)9-7-20-4-3-15-9/h9,15H,3-7H2,1-2H3,(H,16,17,19). The molecule has 1 unspecified atom stereocenters. The molecule has 0 spiro atoms. The summed E-state index contributed by atoms with van der Waals surface area (Å²) in [4.78, 5) is 29.4. The molecule has 1 aromatic heterocycles. The van der Waals surface area contributed by atoms with E-state index in [0.29, 0.717) is 36.2 Å². The van der Waals surface area contributed by atoms with Crippen LogP contribution in [0.25, 0.3) is 0 Å². The topological polar surface area (TPSA) is 80.3 Å². The summed E-state index contributed by atoms with van der Waals surface area (Å²) in [7, 11) is 0. The van der Waals surface area contributed by atoms with Gasteiger partial charge in [0.25, 0.3) is 0 Å². The highest BCUT2D eigenvalue weighted by Crippen LogP contribution is 2.38. The third-order valence-corrected chi connectivity index (χ3v) is 4.76. The van der Waals surface area contributed by atoms with Gasteiger partial charge in [-0.25, -0.2) is 4.98 Å². The Hall–Kier alpha value is -1.31. The summed E-state index contributed by atoms with van der Waals surface area (Å²) in [6.07, 6.45) is 1.30. The van der Waals surface area contributed by atoms with Gasteiger partial charge in [0.05, 0.1) is 23.8 Å². The highest BCUT2D eigenvalue weighted by atomic mass is 32.1. The molecule has 3 rings (SSSR count). The monoisotopic (exact) mass is 309 g/mol. The lowest BCUT2D eigenvalue weighted by Crippen LogP contribution is -2.48. The van der Waals surface area contributed by atoms with Crippen molar-refractivity contribution in [1.29, 1.82) is 0 Å². The molecule has 1 atom stereocenters. The second kappa shape index (κ2) is 5.47. The Morgan fingerprint density at radius 1 is 1.48 bits per heavy atom. The highest BCUT2D eigenvalue weighted by molar-refractivity contribution is 7.17. The first-order chi connectivity index (χ1) is 9.94. The first-order valence-electron chi connectivity index (χ1n) is 7.09. The molecule has 2 aliphatic rings. The molecule has 6 nitrogen and oxygen atoms in total. The summed E-state index contributed by atoms with van der Waals surface area (Å²) in [6.45, 7) is 5.78. The van der Waals surface area contributed by atoms with Crippen molar-refractivity contribution in [3.63, 3.8) is 0 Å². The van der Waals surface area contributed by atoms with Crippen molar-refractivity contribution in [2.24, 2.45) is 5.41 Å². The van der Waals surface area contributed by atoms with E-state index in [1.165, 1.54) is 11.3 Å². The molecule has 1 aliphatic heterocycles. The third-order valence-electron chi connectivity index (χ3n) is 3.70. The molecule has 1 saturated heterocycles. The van der Waals surface area contributed by atoms with Crippen LogP contribution in [-0.2, 0) is 16.0 Å². The maximum Gasteiger partial charge on any atom is 0.245 e. The number of hydrogen-bond donors (Lipinski definition) is 2. The molecular formula is C14H19N3O3S. The maximum absolute atomic E-state index is 12.1. The minimum atomic E-state index is -0.355. The average Bonchev–Trinajstić information content (AvgIpc) is 2.81. The summed E-state index contributed by atoms with van der Waals surface area (Å²) in [5, 5.41) is 6.39. The Morgan fingerprint density at radius 3 is 3.00 bits per heavy atom. The van der Waals surface area contributed by atoms with Gasteiger partial charge in [0.15, 0.2) is 10.9 Å². The lowest BCUT2D eigenvalue weighted by atomic mass is 9.78. The molecule has 21 heavy (non-hydrogen) atoms. The number of Topliss-reactive ketones (excluding diaryl/α,β-unsaturated/α-hetero) is 1. The van der Waals surface area contributed by atoms with E-state index in [1.54, 1.807) is 0 Å². The largest absolute Gasteiger partial charge is 0.378 e. The Bertz CT molecular complexity index is 576. The number of fused-ring (bicyclic) bond motifs is 1. The van der Waals surface area contributed by atoms with Crippen LogP contribution in [0.3, 0.4) is 0 Å². The number of thiazole rings is 1. The lowest BCUT2D eigenvalue weighted by molar-refractivity contribution is -0.120. The number of rotatable bonds is 2. The minimum absolute atomic E-state index is 0.0573. The van der Waals surface area contributed by atoms with E-state index in [4.69, 9.17) is 4.74 Å². The number of nitrogens with one attached hydrogen (secondary N) is 2. The van der Waals surface area contributed by atoms with Gasteiger partial charge in [-0.1, -0.05) is 25.2 Å². The van der Waals surface area contributed by atoms with Gasteiger partial charge in [-0.05, 0) is 11.8 Å². The Labute approximate surface area is 127 Å². The fourth-order valence-electron chi connectivity index (χ4n) is 2.70. The predicted octanol–water partition coefficient (Wildman–Crippen LogP) is 1.23. The molecule has 114 valence electrons. The predicted molar refractivity (Wildman–Crippen MR) is 79.8 cm³/mol. The molecule has 1 aromatic rings. The zero-order valence-electron chi connectivity index (χ0n) is 12.2. The van der Waals surface area contributed by atoms with Gasteiger partial charge in [-0.3, -0.25) is 9.59 Å². The molecule has 0 radical (unpaired) electrons. The van der Waals surface area contributed by atoms with E-state index < -0.39 is 0 Å². The Kier molecular flexibility index (Phi) is 3.81. The van der Waals surface area contributed by atoms with Crippen LogP contribution in [0.1, 0.15) is 35.6 Å². The number of hydrogen-bond acceptors (Lipinski definition) is 6. The molecular weight excluding hydrogens is 290 g/mol. The van der Waals surface area contributed by atoms with Crippen LogP contribution in [0.2, 0.25) is 0 Å². The normalized spacial score (nSPS) is 24.5. The first-order valence-corrected chi connectivity index (χ1v) is 7.91. The van der Waals surface area contributed by atoms with Gasteiger partial charge in [0, 0.05) is 13.0 Å². The van der Waals surface area contributed by atoms with Crippen LogP contribution >= 0.6 is 11.3 Å². The molecule has 2 heterocycles. The van der Waals surface area contributed by atoms with Gasteiger partial charge in [-0.2, -0.15) is 0 Å². The van der Waals surface area contributed by atoms with Gasteiger partial charge < -0.3 is 15.4 Å². The van der Waals surface area contributed by atoms with Crippen molar-refractivity contribution in [2.75, 3.05) is 25.1 Å². The van der Waals surface area contributed by atoms with E-state index in [-0.39, 0.29) is 23.1 Å². The smallest absolute Gasteiger partial charge is 0.245 e. The molecule has 1 fully saturated rings. The minimum Gasteiger partial charge on any atom is -0.378 e. The SMILES string of the molecule is CC1(C)CC(=O)c2sc(NC(=O)C3COCCN3)nc2C1. The number of nitrogens with zero attached hydrogens (tertiary/aromatic N) is 1. The van der Waals surface area contributed by atoms with Crippen LogP contribution in [0, 0.1) is 5.41 Å². The van der Waals surface area contributed by atoms with Crippen LogP contribution < -0.4 is 10.6 Å². The molecule has 0 bridgehead atoms. The Morgan fingerprint density at radius 2 is 2.29 bits per heavy atom. The van der Waals surface area contributed by atoms with Gasteiger partial charge in [-0.15, -0.1) is 0 Å². The van der Waals surface area contributed by atoms with Crippen molar-refractivity contribution in [1.82, 2.24) is 10.3 Å². The number of morpholine rings is 1. The van der Waals surface area contributed by atoms with Crippen LogP contribution in [0.4, 0.5) is 5.13 Å². The third kappa shape index (κ3) is 3.14. The van der Waals surface area contributed by atoms with Crippen LogP contribution in [0.5, 0.6) is 0 Å². The van der Waals surface area contributed by atoms with E-state index >= 15 is 0 Å².